The van der Waals surface area contributed by atoms with Gasteiger partial charge in [-0.05, 0) is 51.9 Å². The molecule has 2 heterocycles. The average molecular weight is 232 g/mol. The number of hydrogen-bond acceptors (Lipinski definition) is 2. The minimum Gasteiger partial charge on any atom is -0.316 e. The summed E-state index contributed by atoms with van der Waals surface area (Å²) >= 11 is 0. The molecule has 1 N–H and O–H groups in total. The Morgan fingerprint density at radius 1 is 1.38 bits per heavy atom. The maximum absolute atomic E-state index is 14.0. The number of halogens is 2. The molecule has 0 spiro atoms. The van der Waals surface area contributed by atoms with Crippen LogP contribution in [0.3, 0.4) is 0 Å². The molecule has 2 nitrogen and oxygen atoms in total. The normalized spacial score (nSPS) is 33.2. The van der Waals surface area contributed by atoms with Crippen LogP contribution in [0, 0.1) is 11.8 Å². The van der Waals surface area contributed by atoms with Crippen LogP contribution in [0.25, 0.3) is 0 Å². The SMILES string of the molecule is CN1CCC(C(F)(F)CC2CCCNC2)C1. The molecule has 2 rings (SSSR count). The lowest BCUT2D eigenvalue weighted by molar-refractivity contribution is -0.0747. The Balaban J connectivity index is 1.85. The van der Waals surface area contributed by atoms with Gasteiger partial charge in [-0.15, -0.1) is 0 Å². The van der Waals surface area contributed by atoms with Crippen molar-refractivity contribution in [3.8, 4) is 0 Å². The fourth-order valence-corrected chi connectivity index (χ4v) is 2.93. The Hall–Kier alpha value is -0.220. The first-order chi connectivity index (χ1) is 7.58. The molecule has 94 valence electrons. The van der Waals surface area contributed by atoms with Gasteiger partial charge in [0.25, 0.3) is 5.92 Å². The van der Waals surface area contributed by atoms with E-state index in [1.54, 1.807) is 0 Å². The van der Waals surface area contributed by atoms with Crippen molar-refractivity contribution in [1.82, 2.24) is 10.2 Å². The van der Waals surface area contributed by atoms with Crippen LogP contribution in [0.2, 0.25) is 0 Å². The molecule has 0 bridgehead atoms. The standard InChI is InChI=1S/C12H22F2N2/c1-16-6-4-11(9-16)12(13,14)7-10-3-2-5-15-8-10/h10-11,15H,2-9H2,1H3. The van der Waals surface area contributed by atoms with Gasteiger partial charge in [-0.2, -0.15) is 0 Å². The van der Waals surface area contributed by atoms with Gasteiger partial charge in [0.1, 0.15) is 0 Å². The number of piperidine rings is 1. The van der Waals surface area contributed by atoms with Crippen molar-refractivity contribution in [1.29, 1.82) is 0 Å². The topological polar surface area (TPSA) is 15.3 Å². The summed E-state index contributed by atoms with van der Waals surface area (Å²) in [6.45, 7) is 3.16. The molecular weight excluding hydrogens is 210 g/mol. The van der Waals surface area contributed by atoms with Gasteiger partial charge in [0.2, 0.25) is 0 Å². The number of hydrogen-bond donors (Lipinski definition) is 1. The highest BCUT2D eigenvalue weighted by Crippen LogP contribution is 2.38. The first kappa shape index (κ1) is 12.2. The van der Waals surface area contributed by atoms with Gasteiger partial charge >= 0.3 is 0 Å². The van der Waals surface area contributed by atoms with E-state index in [-0.39, 0.29) is 12.3 Å². The zero-order valence-electron chi connectivity index (χ0n) is 10.0. The molecular formula is C12H22F2N2. The van der Waals surface area contributed by atoms with Crippen LogP contribution < -0.4 is 5.32 Å². The minimum absolute atomic E-state index is 0.0819. The summed E-state index contributed by atoms with van der Waals surface area (Å²) in [5, 5.41) is 3.21. The van der Waals surface area contributed by atoms with Crippen LogP contribution in [0.1, 0.15) is 25.7 Å². The molecule has 0 aromatic heterocycles. The molecule has 0 aromatic rings. The van der Waals surface area contributed by atoms with Gasteiger partial charge in [0.15, 0.2) is 0 Å². The lowest BCUT2D eigenvalue weighted by Crippen LogP contribution is -2.38. The first-order valence-electron chi connectivity index (χ1n) is 6.35. The predicted molar refractivity (Wildman–Crippen MR) is 60.8 cm³/mol. The fraction of sp³-hybridized carbons (Fsp3) is 1.00. The van der Waals surface area contributed by atoms with Crippen LogP contribution in [0.15, 0.2) is 0 Å². The lowest BCUT2D eigenvalue weighted by Gasteiger charge is -2.30. The Labute approximate surface area is 96.4 Å². The molecule has 0 saturated carbocycles. The number of rotatable bonds is 3. The average Bonchev–Trinajstić information content (AvgIpc) is 2.66. The Kier molecular flexibility index (Phi) is 3.80. The Morgan fingerprint density at radius 2 is 2.19 bits per heavy atom. The van der Waals surface area contributed by atoms with Gasteiger partial charge in [-0.1, -0.05) is 0 Å². The van der Waals surface area contributed by atoms with Crippen molar-refractivity contribution in [2.75, 3.05) is 33.2 Å². The van der Waals surface area contributed by atoms with Crippen molar-refractivity contribution < 1.29 is 8.78 Å². The van der Waals surface area contributed by atoms with Crippen LogP contribution in [0.4, 0.5) is 8.78 Å². The maximum atomic E-state index is 14.0. The van der Waals surface area contributed by atoms with Gasteiger partial charge in [-0.3, -0.25) is 0 Å². The molecule has 2 saturated heterocycles. The third-order valence-corrected chi connectivity index (χ3v) is 3.95. The molecule has 0 amide bonds. The molecule has 0 aliphatic carbocycles. The highest BCUT2D eigenvalue weighted by atomic mass is 19.3. The summed E-state index contributed by atoms with van der Waals surface area (Å²) in [7, 11) is 1.93. The third-order valence-electron chi connectivity index (χ3n) is 3.95. The van der Waals surface area contributed by atoms with Crippen molar-refractivity contribution in [3.63, 3.8) is 0 Å². The number of alkyl halides is 2. The highest BCUT2D eigenvalue weighted by molar-refractivity contribution is 4.87. The highest BCUT2D eigenvalue weighted by Gasteiger charge is 2.43. The van der Waals surface area contributed by atoms with Crippen molar-refractivity contribution in [3.05, 3.63) is 0 Å². The van der Waals surface area contributed by atoms with E-state index < -0.39 is 11.8 Å². The van der Waals surface area contributed by atoms with E-state index in [1.165, 1.54) is 0 Å². The molecule has 2 atom stereocenters. The minimum atomic E-state index is -2.46. The van der Waals surface area contributed by atoms with Crippen LogP contribution in [-0.2, 0) is 0 Å². The number of nitrogens with one attached hydrogen (secondary N) is 1. The molecule has 0 radical (unpaired) electrons. The number of likely N-dealkylation sites (tertiary alicyclic amines) is 1. The molecule has 2 fully saturated rings. The Morgan fingerprint density at radius 3 is 2.75 bits per heavy atom. The van der Waals surface area contributed by atoms with Gasteiger partial charge in [-0.25, -0.2) is 8.78 Å². The van der Waals surface area contributed by atoms with Gasteiger partial charge in [0.05, 0.1) is 0 Å². The number of nitrogens with zero attached hydrogens (tertiary/aromatic N) is 1. The summed E-state index contributed by atoms with van der Waals surface area (Å²) in [6, 6.07) is 0. The monoisotopic (exact) mass is 232 g/mol. The van der Waals surface area contributed by atoms with Crippen molar-refractivity contribution in [2.45, 2.75) is 31.6 Å². The largest absolute Gasteiger partial charge is 0.316 e. The molecule has 2 aliphatic rings. The predicted octanol–water partition coefficient (Wildman–Crippen LogP) is 1.96. The van der Waals surface area contributed by atoms with E-state index in [2.05, 4.69) is 5.32 Å². The summed E-state index contributed by atoms with van der Waals surface area (Å²) < 4.78 is 28.1. The van der Waals surface area contributed by atoms with Crippen LogP contribution >= 0.6 is 0 Å². The lowest BCUT2D eigenvalue weighted by atomic mass is 9.87. The zero-order chi connectivity index (χ0) is 11.6. The summed E-state index contributed by atoms with van der Waals surface area (Å²) in [5.74, 6) is -2.71. The summed E-state index contributed by atoms with van der Waals surface area (Å²) in [5.41, 5.74) is 0. The smallest absolute Gasteiger partial charge is 0.252 e. The van der Waals surface area contributed by atoms with Crippen LogP contribution in [0.5, 0.6) is 0 Å². The summed E-state index contributed by atoms with van der Waals surface area (Å²) in [4.78, 5) is 2.01. The third kappa shape index (κ3) is 2.92. The van der Waals surface area contributed by atoms with E-state index in [4.69, 9.17) is 0 Å². The first-order valence-corrected chi connectivity index (χ1v) is 6.35. The van der Waals surface area contributed by atoms with Gasteiger partial charge in [0, 0.05) is 18.9 Å². The van der Waals surface area contributed by atoms with Crippen molar-refractivity contribution in [2.24, 2.45) is 11.8 Å². The van der Waals surface area contributed by atoms with E-state index in [0.717, 1.165) is 32.5 Å². The Bertz CT molecular complexity index is 227. The molecule has 2 unspecified atom stereocenters. The molecule has 0 aromatic carbocycles. The van der Waals surface area contributed by atoms with E-state index in [0.29, 0.717) is 13.0 Å². The quantitative estimate of drug-likeness (QED) is 0.800. The molecule has 2 aliphatic heterocycles. The zero-order valence-corrected chi connectivity index (χ0v) is 10.0. The van der Waals surface area contributed by atoms with E-state index in [1.807, 2.05) is 11.9 Å². The maximum Gasteiger partial charge on any atom is 0.252 e. The van der Waals surface area contributed by atoms with E-state index >= 15 is 0 Å². The second kappa shape index (κ2) is 4.96. The van der Waals surface area contributed by atoms with Gasteiger partial charge < -0.3 is 10.2 Å². The van der Waals surface area contributed by atoms with Crippen molar-refractivity contribution >= 4 is 0 Å². The molecule has 16 heavy (non-hydrogen) atoms. The fourth-order valence-electron chi connectivity index (χ4n) is 2.93. The van der Waals surface area contributed by atoms with Crippen LogP contribution in [-0.4, -0.2) is 44.0 Å². The van der Waals surface area contributed by atoms with E-state index in [9.17, 15) is 8.78 Å². The summed E-state index contributed by atoms with van der Waals surface area (Å²) in [6.07, 6.45) is 2.75. The molecule has 4 heteroatoms. The second-order valence-electron chi connectivity index (χ2n) is 5.43. The second-order valence-corrected chi connectivity index (χ2v) is 5.43.